The van der Waals surface area contributed by atoms with Gasteiger partial charge >= 0.3 is 0 Å². The molecule has 7 heteroatoms. The quantitative estimate of drug-likeness (QED) is 0.700. The summed E-state index contributed by atoms with van der Waals surface area (Å²) in [6.45, 7) is 1.02. The third-order valence-corrected chi connectivity index (χ3v) is 3.97. The highest BCUT2D eigenvalue weighted by atomic mass is 32.1. The highest BCUT2D eigenvalue weighted by Crippen LogP contribution is 2.29. The molecule has 1 N–H and O–H groups in total. The maximum absolute atomic E-state index is 8.94. The van der Waals surface area contributed by atoms with Crippen molar-refractivity contribution >= 4 is 32.5 Å². The van der Waals surface area contributed by atoms with Crippen LogP contribution in [0.25, 0.3) is 10.2 Å². The highest BCUT2D eigenvalue weighted by Gasteiger charge is 2.06. The van der Waals surface area contributed by atoms with Gasteiger partial charge < -0.3 is 14.8 Å². The Hall–Kier alpha value is -2.69. The topological polar surface area (TPSA) is 80.1 Å². The predicted octanol–water partition coefficient (Wildman–Crippen LogP) is 3.33. The van der Waals surface area contributed by atoms with Gasteiger partial charge in [-0.15, -0.1) is 0 Å². The number of methoxy groups -OCH3 is 1. The molecule has 2 aromatic heterocycles. The smallest absolute Gasteiger partial charge is 0.189 e. The van der Waals surface area contributed by atoms with Crippen LogP contribution in [-0.2, 0) is 4.74 Å². The van der Waals surface area contributed by atoms with Crippen LogP contribution in [0.4, 0.5) is 10.9 Å². The minimum Gasteiger partial charge on any atom is -0.491 e. The second kappa shape index (κ2) is 7.05. The lowest BCUT2D eigenvalue weighted by atomic mass is 10.2. The second-order valence-corrected chi connectivity index (χ2v) is 5.69. The first-order chi connectivity index (χ1) is 11.3. The van der Waals surface area contributed by atoms with Gasteiger partial charge in [-0.2, -0.15) is 5.26 Å². The molecule has 0 saturated carbocycles. The van der Waals surface area contributed by atoms with Crippen molar-refractivity contribution in [1.82, 2.24) is 9.97 Å². The number of pyridine rings is 1. The number of benzene rings is 1. The van der Waals surface area contributed by atoms with Crippen molar-refractivity contribution in [3.63, 3.8) is 0 Å². The molecule has 3 rings (SSSR count). The Morgan fingerprint density at radius 3 is 3.00 bits per heavy atom. The van der Waals surface area contributed by atoms with E-state index in [0.717, 1.165) is 15.3 Å². The fraction of sp³-hybridized carbons (Fsp3) is 0.188. The number of nitrogens with zero attached hydrogens (tertiary/aromatic N) is 3. The zero-order valence-electron chi connectivity index (χ0n) is 12.4. The monoisotopic (exact) mass is 326 g/mol. The van der Waals surface area contributed by atoms with Gasteiger partial charge in [0.1, 0.15) is 18.2 Å². The van der Waals surface area contributed by atoms with E-state index in [9.17, 15) is 0 Å². The summed E-state index contributed by atoms with van der Waals surface area (Å²) in [5, 5.41) is 12.8. The lowest BCUT2D eigenvalue weighted by Gasteiger charge is -2.07. The van der Waals surface area contributed by atoms with Crippen molar-refractivity contribution in [3.8, 4) is 11.8 Å². The second-order valence-electron chi connectivity index (χ2n) is 4.66. The zero-order chi connectivity index (χ0) is 16.1. The average Bonchev–Trinajstić information content (AvgIpc) is 2.96. The summed E-state index contributed by atoms with van der Waals surface area (Å²) in [5.41, 5.74) is 1.48. The van der Waals surface area contributed by atoms with Crippen molar-refractivity contribution in [2.24, 2.45) is 0 Å². The molecule has 0 atom stereocenters. The van der Waals surface area contributed by atoms with Crippen LogP contribution in [0.5, 0.6) is 5.75 Å². The Labute approximate surface area is 137 Å². The van der Waals surface area contributed by atoms with Crippen molar-refractivity contribution in [2.45, 2.75) is 0 Å². The maximum Gasteiger partial charge on any atom is 0.189 e. The largest absolute Gasteiger partial charge is 0.491 e. The van der Waals surface area contributed by atoms with Crippen molar-refractivity contribution in [2.75, 3.05) is 25.6 Å². The van der Waals surface area contributed by atoms with Crippen molar-refractivity contribution < 1.29 is 9.47 Å². The Balaban J connectivity index is 1.76. The molecule has 3 aromatic rings. The van der Waals surface area contributed by atoms with Crippen molar-refractivity contribution in [3.05, 3.63) is 42.1 Å². The lowest BCUT2D eigenvalue weighted by Crippen LogP contribution is -2.04. The van der Waals surface area contributed by atoms with Gasteiger partial charge in [0.15, 0.2) is 5.13 Å². The molecule has 0 saturated heterocycles. The lowest BCUT2D eigenvalue weighted by molar-refractivity contribution is 0.146. The first kappa shape index (κ1) is 15.2. The third kappa shape index (κ3) is 3.74. The van der Waals surface area contributed by atoms with Gasteiger partial charge in [0, 0.05) is 19.4 Å². The van der Waals surface area contributed by atoms with Gasteiger partial charge in [0.25, 0.3) is 0 Å². The fourth-order valence-corrected chi connectivity index (χ4v) is 2.88. The summed E-state index contributed by atoms with van der Waals surface area (Å²) in [6, 6.07) is 11.2. The first-order valence-electron chi connectivity index (χ1n) is 6.94. The molecule has 0 bridgehead atoms. The van der Waals surface area contributed by atoms with Crippen LogP contribution in [-0.4, -0.2) is 30.3 Å². The number of rotatable bonds is 6. The molecule has 0 aliphatic heterocycles. The van der Waals surface area contributed by atoms with Crippen LogP contribution >= 0.6 is 11.3 Å². The number of nitrogens with one attached hydrogen (secondary N) is 1. The van der Waals surface area contributed by atoms with Crippen LogP contribution in [0.1, 0.15) is 5.56 Å². The molecule has 0 aliphatic rings. The molecular weight excluding hydrogens is 312 g/mol. The average molecular weight is 326 g/mol. The molecule has 23 heavy (non-hydrogen) atoms. The van der Waals surface area contributed by atoms with Gasteiger partial charge in [-0.1, -0.05) is 11.3 Å². The summed E-state index contributed by atoms with van der Waals surface area (Å²) in [6.07, 6.45) is 1.67. The molecule has 0 spiro atoms. The summed E-state index contributed by atoms with van der Waals surface area (Å²) < 4.78 is 11.5. The Morgan fingerprint density at radius 2 is 2.17 bits per heavy atom. The molecular formula is C16H14N4O2S. The van der Waals surface area contributed by atoms with Crippen LogP contribution in [0.2, 0.25) is 0 Å². The predicted molar refractivity (Wildman–Crippen MR) is 89.2 cm³/mol. The molecule has 0 unspecified atom stereocenters. The van der Waals surface area contributed by atoms with Gasteiger partial charge in [-0.25, -0.2) is 9.97 Å². The molecule has 2 heterocycles. The Kier molecular flexibility index (Phi) is 4.66. The van der Waals surface area contributed by atoms with E-state index in [-0.39, 0.29) is 0 Å². The summed E-state index contributed by atoms with van der Waals surface area (Å²) in [7, 11) is 1.63. The number of hydrogen-bond donors (Lipinski definition) is 1. The number of nitriles is 1. The van der Waals surface area contributed by atoms with E-state index in [2.05, 4.69) is 21.4 Å². The summed E-state index contributed by atoms with van der Waals surface area (Å²) in [5.74, 6) is 1.37. The van der Waals surface area contributed by atoms with E-state index < -0.39 is 0 Å². The zero-order valence-corrected chi connectivity index (χ0v) is 13.3. The third-order valence-electron chi connectivity index (χ3n) is 3.04. The minimum atomic E-state index is 0.484. The normalized spacial score (nSPS) is 10.4. The van der Waals surface area contributed by atoms with Crippen LogP contribution in [0.15, 0.2) is 36.5 Å². The molecule has 0 amide bonds. The van der Waals surface area contributed by atoms with Crippen LogP contribution in [0.3, 0.4) is 0 Å². The highest BCUT2D eigenvalue weighted by molar-refractivity contribution is 7.22. The molecule has 1 aromatic carbocycles. The molecule has 6 nitrogen and oxygen atoms in total. The summed E-state index contributed by atoms with van der Waals surface area (Å²) >= 11 is 1.47. The SMILES string of the molecule is COCCOc1ccnc(Nc2nc3ccc(C#N)cc3s2)c1. The summed E-state index contributed by atoms with van der Waals surface area (Å²) in [4.78, 5) is 8.74. The molecule has 116 valence electrons. The van der Waals surface area contributed by atoms with E-state index in [1.165, 1.54) is 11.3 Å². The Morgan fingerprint density at radius 1 is 1.26 bits per heavy atom. The van der Waals surface area contributed by atoms with Gasteiger partial charge in [0.2, 0.25) is 0 Å². The van der Waals surface area contributed by atoms with E-state index >= 15 is 0 Å². The van der Waals surface area contributed by atoms with E-state index in [0.29, 0.717) is 30.3 Å². The number of aromatic nitrogens is 2. The van der Waals surface area contributed by atoms with Gasteiger partial charge in [-0.3, -0.25) is 0 Å². The van der Waals surface area contributed by atoms with E-state index in [4.69, 9.17) is 14.7 Å². The first-order valence-corrected chi connectivity index (χ1v) is 7.75. The van der Waals surface area contributed by atoms with Gasteiger partial charge in [0.05, 0.1) is 28.5 Å². The fourth-order valence-electron chi connectivity index (χ4n) is 1.97. The Bertz CT molecular complexity index is 857. The van der Waals surface area contributed by atoms with Crippen LogP contribution < -0.4 is 10.1 Å². The van der Waals surface area contributed by atoms with E-state index in [1.54, 1.807) is 25.4 Å². The standard InChI is InChI=1S/C16H14N4O2S/c1-21-6-7-22-12-4-5-18-15(9-12)20-16-19-13-3-2-11(10-17)8-14(13)23-16/h2-5,8-9H,6-7H2,1H3,(H,18,19,20). The number of hydrogen-bond acceptors (Lipinski definition) is 7. The number of fused-ring (bicyclic) bond motifs is 1. The van der Waals surface area contributed by atoms with Crippen LogP contribution in [0, 0.1) is 11.3 Å². The molecule has 0 aliphatic carbocycles. The minimum absolute atomic E-state index is 0.484. The van der Waals surface area contributed by atoms with Crippen molar-refractivity contribution in [1.29, 1.82) is 5.26 Å². The van der Waals surface area contributed by atoms with Gasteiger partial charge in [-0.05, 0) is 24.3 Å². The molecule has 0 fully saturated rings. The molecule has 0 radical (unpaired) electrons. The number of thiazole rings is 1. The number of anilines is 2. The van der Waals surface area contributed by atoms with E-state index in [1.807, 2.05) is 18.2 Å². The maximum atomic E-state index is 8.94. The number of ether oxygens (including phenoxy) is 2.